The van der Waals surface area contributed by atoms with Gasteiger partial charge in [0, 0.05) is 6.54 Å². The number of alkyl halides is 1. The average Bonchev–Trinajstić information content (AvgIpc) is 3.21. The summed E-state index contributed by atoms with van der Waals surface area (Å²) >= 11 is 6.42. The van der Waals surface area contributed by atoms with Crippen molar-refractivity contribution in [2.24, 2.45) is 5.73 Å². The predicted octanol–water partition coefficient (Wildman–Crippen LogP) is 9.39. The normalized spacial score (nSPS) is 21.7. The summed E-state index contributed by atoms with van der Waals surface area (Å²) in [5, 5.41) is 41.7. The molecule has 1 aliphatic rings. The molecule has 0 radical (unpaired) electrons. The molecule has 10 nitrogen and oxygen atoms in total. The number of esters is 1. The van der Waals surface area contributed by atoms with Gasteiger partial charge in [0.05, 0.1) is 33.3 Å². The fourth-order valence-corrected chi connectivity index (χ4v) is 8.73. The maximum absolute atomic E-state index is 13.5. The lowest BCUT2D eigenvalue weighted by atomic mass is 9.99. The average molecular weight is 850 g/mol. The van der Waals surface area contributed by atoms with Gasteiger partial charge in [0.15, 0.2) is 6.10 Å². The first-order chi connectivity index (χ1) is 28.1. The van der Waals surface area contributed by atoms with Crippen molar-refractivity contribution < 1.29 is 39.2 Å². The van der Waals surface area contributed by atoms with Gasteiger partial charge in [-0.25, -0.2) is 0 Å². The van der Waals surface area contributed by atoms with Crippen LogP contribution in [0.25, 0.3) is 0 Å². The second kappa shape index (κ2) is 36.0. The van der Waals surface area contributed by atoms with Crippen LogP contribution in [0.1, 0.15) is 213 Å². The minimum absolute atomic E-state index is 0.454. The fraction of sp³-hybridized carbons (Fsp3) is 0.979. The van der Waals surface area contributed by atoms with Crippen molar-refractivity contribution in [2.45, 2.75) is 249 Å². The smallest absolute Gasteiger partial charge is 0.326 e. The standard InChI is InChI=1S/C47H95ClN3O7/c1-4-6-8-10-12-14-16-18-20-22-24-26-28-32-37-51(3,38-33-29-27-25-23-21-19-17-15-13-11-9-7-5-2)39-36-50-41(34-30-31-35-49)46(56)58-47(48)45(55)44(54)43(53)42(40-52)57-47/h41-45,50,52-55H,4-40,49H2,1-3H3/q+1/t41-,42+,43+,44-,45-,47+/m0/s1. The number of rotatable bonds is 41. The van der Waals surface area contributed by atoms with Crippen LogP contribution in [-0.4, -0.2) is 113 Å². The van der Waals surface area contributed by atoms with E-state index in [2.05, 4.69) is 26.2 Å². The van der Waals surface area contributed by atoms with E-state index in [-0.39, 0.29) is 0 Å². The van der Waals surface area contributed by atoms with Crippen LogP contribution in [0.15, 0.2) is 0 Å². The number of unbranched alkanes of at least 4 members (excludes halogenated alkanes) is 27. The second-order valence-corrected chi connectivity index (χ2v) is 18.6. The van der Waals surface area contributed by atoms with Crippen molar-refractivity contribution in [1.29, 1.82) is 0 Å². The molecule has 0 aromatic heterocycles. The van der Waals surface area contributed by atoms with Crippen LogP contribution in [0, 0.1) is 0 Å². The number of nitrogens with one attached hydrogen (secondary N) is 1. The third kappa shape index (κ3) is 26.0. The highest BCUT2D eigenvalue weighted by molar-refractivity contribution is 6.23. The van der Waals surface area contributed by atoms with Crippen molar-refractivity contribution in [3.05, 3.63) is 0 Å². The van der Waals surface area contributed by atoms with Crippen LogP contribution < -0.4 is 11.1 Å². The Balaban J connectivity index is 2.64. The molecule has 0 spiro atoms. The van der Waals surface area contributed by atoms with E-state index in [0.717, 1.165) is 30.5 Å². The van der Waals surface area contributed by atoms with Gasteiger partial charge >= 0.3 is 11.2 Å². The molecule has 6 atom stereocenters. The van der Waals surface area contributed by atoms with Crippen molar-refractivity contribution >= 4 is 17.6 Å². The molecular formula is C47H95ClN3O7+. The Morgan fingerprint density at radius 2 is 1.05 bits per heavy atom. The number of nitrogens with zero attached hydrogens (tertiary/aromatic N) is 1. The molecule has 0 aromatic carbocycles. The van der Waals surface area contributed by atoms with E-state index in [1.807, 2.05) is 0 Å². The molecule has 1 rings (SSSR count). The van der Waals surface area contributed by atoms with Crippen LogP contribution in [-0.2, 0) is 14.3 Å². The summed E-state index contributed by atoms with van der Waals surface area (Å²) in [4.78, 5) is 13.5. The number of aliphatic hydroxyl groups is 4. The second-order valence-electron chi connectivity index (χ2n) is 18.0. The molecule has 0 saturated carbocycles. The number of aliphatic hydroxyl groups excluding tert-OH is 4. The van der Waals surface area contributed by atoms with E-state index in [4.69, 9.17) is 26.8 Å². The molecule has 1 saturated heterocycles. The quantitative estimate of drug-likeness (QED) is 0.0153. The number of ether oxygens (including phenoxy) is 2. The fourth-order valence-electron chi connectivity index (χ4n) is 8.41. The minimum atomic E-state index is -2.44. The predicted molar refractivity (Wildman–Crippen MR) is 241 cm³/mol. The van der Waals surface area contributed by atoms with Crippen LogP contribution in [0.4, 0.5) is 0 Å². The number of nitrogens with two attached hydrogens (primary N) is 1. The van der Waals surface area contributed by atoms with Crippen LogP contribution in [0.3, 0.4) is 0 Å². The number of quaternary nitrogens is 1. The number of hydrogen-bond donors (Lipinski definition) is 6. The first-order valence-electron chi connectivity index (χ1n) is 24.6. The van der Waals surface area contributed by atoms with Crippen molar-refractivity contribution in [1.82, 2.24) is 5.32 Å². The minimum Gasteiger partial charge on any atom is -0.414 e. The Labute approximate surface area is 361 Å². The van der Waals surface area contributed by atoms with E-state index in [1.54, 1.807) is 0 Å². The van der Waals surface area contributed by atoms with E-state index in [9.17, 15) is 25.2 Å². The van der Waals surface area contributed by atoms with Crippen molar-refractivity contribution in [3.8, 4) is 0 Å². The van der Waals surface area contributed by atoms with E-state index >= 15 is 0 Å². The van der Waals surface area contributed by atoms with Gasteiger partial charge in [-0.05, 0) is 56.7 Å². The molecule has 1 aliphatic heterocycles. The first kappa shape index (κ1) is 55.5. The van der Waals surface area contributed by atoms with Gasteiger partial charge in [-0.1, -0.05) is 174 Å². The van der Waals surface area contributed by atoms with Gasteiger partial charge in [0.1, 0.15) is 24.4 Å². The maximum atomic E-state index is 13.5. The van der Waals surface area contributed by atoms with Crippen LogP contribution in [0.5, 0.6) is 0 Å². The highest BCUT2D eigenvalue weighted by Crippen LogP contribution is 2.35. The molecule has 0 aliphatic carbocycles. The number of halogens is 1. The van der Waals surface area contributed by atoms with Crippen LogP contribution in [0.2, 0.25) is 0 Å². The number of hydrogen-bond acceptors (Lipinski definition) is 9. The molecule has 11 heteroatoms. The third-order valence-corrected chi connectivity index (χ3v) is 12.9. The lowest BCUT2D eigenvalue weighted by Crippen LogP contribution is -2.64. The summed E-state index contributed by atoms with van der Waals surface area (Å²) in [5.41, 5.74) is 5.76. The van der Waals surface area contributed by atoms with Crippen molar-refractivity contribution in [3.63, 3.8) is 0 Å². The summed E-state index contributed by atoms with van der Waals surface area (Å²) in [6.07, 6.45) is 33.0. The Hall–Kier alpha value is -0.560. The van der Waals surface area contributed by atoms with Crippen LogP contribution >= 0.6 is 11.6 Å². The third-order valence-electron chi connectivity index (χ3n) is 12.5. The number of likely N-dealkylation sites (N-methyl/N-ethyl adjacent to an activating group) is 1. The van der Waals surface area contributed by atoms with E-state index < -0.39 is 48.3 Å². The van der Waals surface area contributed by atoms with Gasteiger partial charge in [-0.15, -0.1) is 0 Å². The highest BCUT2D eigenvalue weighted by Gasteiger charge is 2.56. The maximum Gasteiger partial charge on any atom is 0.326 e. The molecular weight excluding hydrogens is 754 g/mol. The molecule has 7 N–H and O–H groups in total. The highest BCUT2D eigenvalue weighted by atomic mass is 35.5. The van der Waals surface area contributed by atoms with Gasteiger partial charge in [0.25, 0.3) is 0 Å². The topological polar surface area (TPSA) is 154 Å². The van der Waals surface area contributed by atoms with Gasteiger partial charge in [-0.2, -0.15) is 0 Å². The Kier molecular flexibility index (Phi) is 34.4. The van der Waals surface area contributed by atoms with E-state index in [1.165, 1.54) is 180 Å². The van der Waals surface area contributed by atoms with Crippen molar-refractivity contribution in [2.75, 3.05) is 46.4 Å². The molecule has 346 valence electrons. The summed E-state index contributed by atoms with van der Waals surface area (Å²) in [6, 6.07) is -0.731. The zero-order valence-electron chi connectivity index (χ0n) is 38.0. The summed E-state index contributed by atoms with van der Waals surface area (Å²) in [6.45, 7) is 8.04. The zero-order chi connectivity index (χ0) is 42.7. The number of carbonyl (C=O) groups excluding carboxylic acids is 1. The Morgan fingerprint density at radius 1 is 0.655 bits per heavy atom. The molecule has 0 unspecified atom stereocenters. The van der Waals surface area contributed by atoms with E-state index in [0.29, 0.717) is 25.9 Å². The Morgan fingerprint density at radius 3 is 1.43 bits per heavy atom. The molecule has 0 amide bonds. The van der Waals surface area contributed by atoms with Gasteiger partial charge in [0.2, 0.25) is 0 Å². The lowest BCUT2D eigenvalue weighted by molar-refractivity contribution is -0.909. The van der Waals surface area contributed by atoms with Gasteiger partial charge in [-0.3, -0.25) is 10.1 Å². The molecule has 0 aromatic rings. The summed E-state index contributed by atoms with van der Waals surface area (Å²) in [5.74, 6) is -0.723. The number of carbonyl (C=O) groups is 1. The zero-order valence-corrected chi connectivity index (χ0v) is 38.7. The summed E-state index contributed by atoms with van der Waals surface area (Å²) < 4.78 is 11.9. The largest absolute Gasteiger partial charge is 0.414 e. The molecule has 1 fully saturated rings. The Bertz CT molecular complexity index is 918. The molecule has 1 heterocycles. The monoisotopic (exact) mass is 849 g/mol. The molecule has 0 bridgehead atoms. The lowest BCUT2D eigenvalue weighted by Gasteiger charge is -2.44. The summed E-state index contributed by atoms with van der Waals surface area (Å²) in [7, 11) is 2.36. The SMILES string of the molecule is CCCCCCCCCCCCCCCC[N+](C)(CCCCCCCCCCCCCCCC)CCN[C@@H](CCCCN)C(=O)O[C@]1(Cl)O[C@H](CO)[C@@H](O)[C@H](O)[C@@H]1O. The molecule has 58 heavy (non-hydrogen) atoms. The first-order valence-corrected chi connectivity index (χ1v) is 25.0. The van der Waals surface area contributed by atoms with Gasteiger partial charge < -0.3 is 40.1 Å².